The van der Waals surface area contributed by atoms with E-state index in [0.29, 0.717) is 33.8 Å². The Hall–Kier alpha value is -2.82. The van der Waals surface area contributed by atoms with Gasteiger partial charge in [-0.05, 0) is 68.0 Å². The number of ketones is 1. The molecule has 0 aliphatic rings. The summed E-state index contributed by atoms with van der Waals surface area (Å²) in [6, 6.07) is 3.60. The second kappa shape index (κ2) is 8.46. The van der Waals surface area contributed by atoms with Crippen LogP contribution in [0.3, 0.4) is 0 Å². The van der Waals surface area contributed by atoms with Gasteiger partial charge in [-0.15, -0.1) is 0 Å². The quantitative estimate of drug-likeness (QED) is 0.547. The van der Waals surface area contributed by atoms with Crippen molar-refractivity contribution in [1.29, 1.82) is 0 Å². The summed E-state index contributed by atoms with van der Waals surface area (Å²) < 4.78 is 10.6. The first-order valence-corrected chi connectivity index (χ1v) is 9.21. The summed E-state index contributed by atoms with van der Waals surface area (Å²) in [5.74, 6) is 0.786. The third-order valence-corrected chi connectivity index (χ3v) is 5.51. The zero-order valence-electron chi connectivity index (χ0n) is 17.6. The maximum atomic E-state index is 13.0. The van der Waals surface area contributed by atoms with Gasteiger partial charge in [0.1, 0.15) is 17.2 Å². The lowest BCUT2D eigenvalue weighted by atomic mass is 9.86. The Morgan fingerprint density at radius 1 is 1.04 bits per heavy atom. The van der Waals surface area contributed by atoms with Crippen LogP contribution in [0.2, 0.25) is 0 Å². The number of carbonyl (C=O) groups excluding carboxylic acids is 2. The molecule has 0 aliphatic heterocycles. The first-order valence-electron chi connectivity index (χ1n) is 9.21. The minimum Gasteiger partial charge on any atom is -0.507 e. The molecule has 1 atom stereocenters. The second-order valence-electron chi connectivity index (χ2n) is 7.22. The van der Waals surface area contributed by atoms with Crippen LogP contribution in [0.25, 0.3) is 0 Å². The molecule has 2 rings (SSSR count). The fraction of sp³-hybridized carbons (Fsp3) is 0.391. The molecule has 0 aliphatic carbocycles. The molecule has 0 bridgehead atoms. The predicted octanol–water partition coefficient (Wildman–Crippen LogP) is 4.83. The molecule has 0 heterocycles. The van der Waals surface area contributed by atoms with Crippen molar-refractivity contribution in [3.8, 4) is 17.2 Å². The molecule has 2 aromatic carbocycles. The van der Waals surface area contributed by atoms with E-state index in [9.17, 15) is 14.7 Å². The van der Waals surface area contributed by atoms with E-state index in [2.05, 4.69) is 0 Å². The number of benzene rings is 2. The highest BCUT2D eigenvalue weighted by Gasteiger charge is 2.23. The second-order valence-corrected chi connectivity index (χ2v) is 7.22. The van der Waals surface area contributed by atoms with Gasteiger partial charge in [-0.25, -0.2) is 0 Å². The molecule has 1 N–H and O–H groups in total. The van der Waals surface area contributed by atoms with E-state index in [0.717, 1.165) is 23.0 Å². The Bertz CT molecular complexity index is 928. The topological polar surface area (TPSA) is 72.8 Å². The number of aromatic hydroxyl groups is 1. The van der Waals surface area contributed by atoms with Crippen LogP contribution in [0.1, 0.15) is 67.8 Å². The summed E-state index contributed by atoms with van der Waals surface area (Å²) >= 11 is 0. The van der Waals surface area contributed by atoms with Gasteiger partial charge in [0, 0.05) is 12.0 Å². The minimum absolute atomic E-state index is 0.0316. The van der Waals surface area contributed by atoms with Crippen molar-refractivity contribution in [3.63, 3.8) is 0 Å². The standard InChI is InChI=1S/C23H28O5/c1-12(17-10-21(28-7)18(11-24)15(4)14(17)3)8-19(25)22-13(2)9-20(27-6)16(5)23(22)26/h9-12,26H,8H2,1-7H3. The predicted molar refractivity (Wildman–Crippen MR) is 109 cm³/mol. The molecule has 1 unspecified atom stereocenters. The number of Topliss-reactive ketones (excluding diaryl/α,β-unsaturated/α-hetero) is 1. The largest absolute Gasteiger partial charge is 0.507 e. The monoisotopic (exact) mass is 384 g/mol. The average Bonchev–Trinajstić information content (AvgIpc) is 2.66. The number of rotatable bonds is 7. The van der Waals surface area contributed by atoms with Gasteiger partial charge >= 0.3 is 0 Å². The molecule has 0 aromatic heterocycles. The molecular formula is C23H28O5. The highest BCUT2D eigenvalue weighted by molar-refractivity contribution is 6.01. The Kier molecular flexibility index (Phi) is 6.49. The number of methoxy groups -OCH3 is 2. The Morgan fingerprint density at radius 3 is 2.18 bits per heavy atom. The third kappa shape index (κ3) is 3.75. The van der Waals surface area contributed by atoms with E-state index in [1.807, 2.05) is 26.8 Å². The first kappa shape index (κ1) is 21.5. The van der Waals surface area contributed by atoms with Gasteiger partial charge in [0.05, 0.1) is 25.3 Å². The lowest BCUT2D eigenvalue weighted by Crippen LogP contribution is -2.10. The molecule has 0 saturated heterocycles. The van der Waals surface area contributed by atoms with Crippen molar-refractivity contribution < 1.29 is 24.2 Å². The number of hydrogen-bond donors (Lipinski definition) is 1. The fourth-order valence-corrected chi connectivity index (χ4v) is 3.68. The van der Waals surface area contributed by atoms with Crippen molar-refractivity contribution in [2.75, 3.05) is 14.2 Å². The lowest BCUT2D eigenvalue weighted by molar-refractivity contribution is 0.0971. The number of phenols is 1. The van der Waals surface area contributed by atoms with Crippen LogP contribution in [-0.2, 0) is 0 Å². The number of hydrogen-bond acceptors (Lipinski definition) is 5. The van der Waals surface area contributed by atoms with Crippen LogP contribution in [0.4, 0.5) is 0 Å². The average molecular weight is 384 g/mol. The molecule has 5 heteroatoms. The minimum atomic E-state index is -0.135. The molecule has 0 fully saturated rings. The number of phenolic OH excluding ortho intramolecular Hbond substituents is 1. The van der Waals surface area contributed by atoms with Crippen LogP contribution in [0, 0.1) is 27.7 Å². The Labute approximate surface area is 166 Å². The number of ether oxygens (including phenoxy) is 2. The van der Waals surface area contributed by atoms with Crippen molar-refractivity contribution in [2.24, 2.45) is 0 Å². The summed E-state index contributed by atoms with van der Waals surface area (Å²) in [5.41, 5.74) is 4.86. The van der Waals surface area contributed by atoms with Gasteiger partial charge in [-0.2, -0.15) is 0 Å². The van der Waals surface area contributed by atoms with Crippen LogP contribution >= 0.6 is 0 Å². The maximum absolute atomic E-state index is 13.0. The molecule has 0 radical (unpaired) electrons. The van der Waals surface area contributed by atoms with Crippen LogP contribution < -0.4 is 9.47 Å². The summed E-state index contributed by atoms with van der Waals surface area (Å²) in [6.07, 6.45) is 1.02. The summed E-state index contributed by atoms with van der Waals surface area (Å²) in [4.78, 5) is 24.4. The van der Waals surface area contributed by atoms with Crippen molar-refractivity contribution in [2.45, 2.75) is 47.0 Å². The zero-order valence-corrected chi connectivity index (χ0v) is 17.6. The normalized spacial score (nSPS) is 11.8. The molecule has 0 spiro atoms. The third-order valence-electron chi connectivity index (χ3n) is 5.51. The zero-order chi connectivity index (χ0) is 21.2. The lowest BCUT2D eigenvalue weighted by Gasteiger charge is -2.20. The highest BCUT2D eigenvalue weighted by atomic mass is 16.5. The first-order chi connectivity index (χ1) is 13.2. The number of aryl methyl sites for hydroxylation is 1. The molecule has 0 saturated carbocycles. The fourth-order valence-electron chi connectivity index (χ4n) is 3.68. The Balaban J connectivity index is 2.43. The van der Waals surface area contributed by atoms with E-state index in [4.69, 9.17) is 9.47 Å². The molecule has 150 valence electrons. The van der Waals surface area contributed by atoms with Gasteiger partial charge in [-0.3, -0.25) is 9.59 Å². The summed E-state index contributed by atoms with van der Waals surface area (Å²) in [7, 11) is 3.06. The molecule has 28 heavy (non-hydrogen) atoms. The van der Waals surface area contributed by atoms with Crippen molar-refractivity contribution >= 4 is 12.1 Å². The highest BCUT2D eigenvalue weighted by Crippen LogP contribution is 2.37. The van der Waals surface area contributed by atoms with Gasteiger partial charge < -0.3 is 14.6 Å². The van der Waals surface area contributed by atoms with Crippen LogP contribution in [-0.4, -0.2) is 31.4 Å². The molecule has 0 amide bonds. The SMILES string of the molecule is COc1cc(C)c(C(=O)CC(C)c2cc(OC)c(C=O)c(C)c2C)c(O)c1C. The van der Waals surface area contributed by atoms with Gasteiger partial charge in [-0.1, -0.05) is 6.92 Å². The van der Waals surface area contributed by atoms with Gasteiger partial charge in [0.25, 0.3) is 0 Å². The maximum Gasteiger partial charge on any atom is 0.167 e. The number of carbonyl (C=O) groups is 2. The van der Waals surface area contributed by atoms with Gasteiger partial charge in [0.2, 0.25) is 0 Å². The molecular weight excluding hydrogens is 356 g/mol. The van der Waals surface area contributed by atoms with Crippen molar-refractivity contribution in [3.05, 3.63) is 51.1 Å². The smallest absolute Gasteiger partial charge is 0.167 e. The van der Waals surface area contributed by atoms with Gasteiger partial charge in [0.15, 0.2) is 12.1 Å². The molecule has 2 aromatic rings. The molecule has 5 nitrogen and oxygen atoms in total. The van der Waals surface area contributed by atoms with E-state index in [1.165, 1.54) is 14.2 Å². The summed E-state index contributed by atoms with van der Waals surface area (Å²) in [5, 5.41) is 10.5. The summed E-state index contributed by atoms with van der Waals surface area (Å²) in [6.45, 7) is 9.30. The van der Waals surface area contributed by atoms with Crippen LogP contribution in [0.5, 0.6) is 17.2 Å². The van der Waals surface area contributed by atoms with E-state index in [-0.39, 0.29) is 23.9 Å². The van der Waals surface area contributed by atoms with E-state index >= 15 is 0 Å². The van der Waals surface area contributed by atoms with Crippen molar-refractivity contribution in [1.82, 2.24) is 0 Å². The van der Waals surface area contributed by atoms with E-state index in [1.54, 1.807) is 19.9 Å². The number of aldehydes is 1. The van der Waals surface area contributed by atoms with E-state index < -0.39 is 0 Å². The Morgan fingerprint density at radius 2 is 1.64 bits per heavy atom. The van der Waals surface area contributed by atoms with Crippen LogP contribution in [0.15, 0.2) is 12.1 Å².